The fraction of sp³-hybridized carbons (Fsp3) is 0.286. The zero-order chi connectivity index (χ0) is 12.5. The van der Waals surface area contributed by atoms with Crippen LogP contribution in [0.15, 0.2) is 35.0 Å². The van der Waals surface area contributed by atoms with E-state index in [0.29, 0.717) is 5.76 Å². The number of hydrogen-bond acceptors (Lipinski definition) is 3. The molecule has 0 spiro atoms. The molecule has 18 heavy (non-hydrogen) atoms. The Morgan fingerprint density at radius 2 is 2.22 bits per heavy atom. The number of nitrogens with zero attached hydrogens (tertiary/aromatic N) is 2. The van der Waals surface area contributed by atoms with Crippen molar-refractivity contribution in [1.29, 1.82) is 0 Å². The molecule has 92 valence electrons. The van der Waals surface area contributed by atoms with Gasteiger partial charge in [0.2, 0.25) is 5.76 Å². The second-order valence-corrected chi connectivity index (χ2v) is 4.53. The van der Waals surface area contributed by atoms with Crippen molar-refractivity contribution in [2.24, 2.45) is 0 Å². The third kappa shape index (κ3) is 1.70. The molecule has 1 aliphatic rings. The summed E-state index contributed by atoms with van der Waals surface area (Å²) in [4.78, 5) is 14.2. The third-order valence-electron chi connectivity index (χ3n) is 3.30. The lowest BCUT2D eigenvalue weighted by atomic mass is 10.0. The summed E-state index contributed by atoms with van der Waals surface area (Å²) >= 11 is 0. The van der Waals surface area contributed by atoms with Crippen molar-refractivity contribution in [2.75, 3.05) is 11.4 Å². The van der Waals surface area contributed by atoms with E-state index in [4.69, 9.17) is 4.52 Å². The van der Waals surface area contributed by atoms with Crippen LogP contribution >= 0.6 is 0 Å². The zero-order valence-corrected chi connectivity index (χ0v) is 10.2. The number of benzene rings is 1. The highest BCUT2D eigenvalue weighted by molar-refractivity contribution is 6.05. The summed E-state index contributed by atoms with van der Waals surface area (Å²) in [5, 5.41) is 3.67. The van der Waals surface area contributed by atoms with E-state index < -0.39 is 0 Å². The van der Waals surface area contributed by atoms with Crippen LogP contribution in [0.25, 0.3) is 0 Å². The Hall–Kier alpha value is -2.10. The summed E-state index contributed by atoms with van der Waals surface area (Å²) in [7, 11) is 0. The first kappa shape index (κ1) is 11.0. The number of para-hydroxylation sites is 1. The van der Waals surface area contributed by atoms with Gasteiger partial charge >= 0.3 is 0 Å². The number of amides is 1. The number of rotatable bonds is 1. The molecule has 0 atom stereocenters. The lowest BCUT2D eigenvalue weighted by molar-refractivity contribution is 0.0948. The molecule has 4 nitrogen and oxygen atoms in total. The number of carbonyl (C=O) groups is 1. The van der Waals surface area contributed by atoms with E-state index in [1.54, 1.807) is 11.1 Å². The average Bonchev–Trinajstić information content (AvgIpc) is 2.83. The molecule has 0 saturated carbocycles. The van der Waals surface area contributed by atoms with Crippen molar-refractivity contribution in [1.82, 2.24) is 5.16 Å². The van der Waals surface area contributed by atoms with Crippen LogP contribution < -0.4 is 4.90 Å². The molecule has 0 aliphatic carbocycles. The Balaban J connectivity index is 2.00. The monoisotopic (exact) mass is 242 g/mol. The van der Waals surface area contributed by atoms with Crippen LogP contribution in [0.4, 0.5) is 5.69 Å². The minimum absolute atomic E-state index is 0.0999. The van der Waals surface area contributed by atoms with Crippen LogP contribution in [0.2, 0.25) is 0 Å². The molecule has 0 fully saturated rings. The van der Waals surface area contributed by atoms with E-state index >= 15 is 0 Å². The molecule has 1 amide bonds. The summed E-state index contributed by atoms with van der Waals surface area (Å²) < 4.78 is 5.05. The first-order valence-corrected chi connectivity index (χ1v) is 6.08. The molecule has 1 aromatic carbocycles. The van der Waals surface area contributed by atoms with E-state index in [1.807, 2.05) is 25.1 Å². The maximum atomic E-state index is 12.4. The van der Waals surface area contributed by atoms with E-state index in [2.05, 4.69) is 11.2 Å². The van der Waals surface area contributed by atoms with Gasteiger partial charge in [-0.15, -0.1) is 0 Å². The van der Waals surface area contributed by atoms with Gasteiger partial charge in [-0.3, -0.25) is 4.79 Å². The normalized spacial score (nSPS) is 14.4. The largest absolute Gasteiger partial charge is 0.351 e. The first-order valence-electron chi connectivity index (χ1n) is 6.08. The van der Waals surface area contributed by atoms with E-state index in [-0.39, 0.29) is 5.91 Å². The Morgan fingerprint density at radius 3 is 3.00 bits per heavy atom. The van der Waals surface area contributed by atoms with Crippen molar-refractivity contribution in [3.05, 3.63) is 47.3 Å². The molecular formula is C14H14N2O2. The summed E-state index contributed by atoms with van der Waals surface area (Å²) in [6, 6.07) is 8.02. The number of carbonyl (C=O) groups excluding carboxylic acids is 1. The lowest BCUT2D eigenvalue weighted by Gasteiger charge is -2.28. The Labute approximate surface area is 105 Å². The van der Waals surface area contributed by atoms with Crippen LogP contribution in [-0.4, -0.2) is 17.6 Å². The molecule has 0 radical (unpaired) electrons. The lowest BCUT2D eigenvalue weighted by Crippen LogP contribution is -2.35. The summed E-state index contributed by atoms with van der Waals surface area (Å²) in [5.41, 5.74) is 2.99. The number of aromatic nitrogens is 1. The molecule has 2 aromatic rings. The number of hydrogen-bond donors (Lipinski definition) is 0. The molecule has 0 saturated heterocycles. The van der Waals surface area contributed by atoms with Gasteiger partial charge < -0.3 is 9.42 Å². The molecule has 0 unspecified atom stereocenters. The molecule has 4 heteroatoms. The second kappa shape index (κ2) is 4.29. The average molecular weight is 242 g/mol. The van der Waals surface area contributed by atoms with Gasteiger partial charge in [-0.1, -0.05) is 23.4 Å². The van der Waals surface area contributed by atoms with E-state index in [9.17, 15) is 4.79 Å². The van der Waals surface area contributed by atoms with E-state index in [1.165, 1.54) is 5.56 Å². The van der Waals surface area contributed by atoms with Gasteiger partial charge in [-0.25, -0.2) is 0 Å². The van der Waals surface area contributed by atoms with Crippen molar-refractivity contribution < 1.29 is 9.32 Å². The van der Waals surface area contributed by atoms with Gasteiger partial charge in [-0.2, -0.15) is 0 Å². The Morgan fingerprint density at radius 1 is 1.39 bits per heavy atom. The highest BCUT2D eigenvalue weighted by atomic mass is 16.5. The number of aryl methyl sites for hydroxylation is 2. The maximum absolute atomic E-state index is 12.4. The van der Waals surface area contributed by atoms with Gasteiger partial charge in [0.15, 0.2) is 0 Å². The fourth-order valence-electron chi connectivity index (χ4n) is 2.36. The van der Waals surface area contributed by atoms with Crippen molar-refractivity contribution in [2.45, 2.75) is 19.8 Å². The molecular weight excluding hydrogens is 228 g/mol. The van der Waals surface area contributed by atoms with Gasteiger partial charge in [0.25, 0.3) is 5.91 Å². The highest BCUT2D eigenvalue weighted by Crippen LogP contribution is 2.28. The maximum Gasteiger partial charge on any atom is 0.297 e. The second-order valence-electron chi connectivity index (χ2n) is 4.53. The van der Waals surface area contributed by atoms with Crippen molar-refractivity contribution >= 4 is 11.6 Å². The quantitative estimate of drug-likeness (QED) is 0.772. The Kier molecular flexibility index (Phi) is 2.63. The first-order chi connectivity index (χ1) is 8.77. The summed E-state index contributed by atoms with van der Waals surface area (Å²) in [5.74, 6) is 0.240. The van der Waals surface area contributed by atoms with Crippen LogP contribution in [-0.2, 0) is 6.42 Å². The van der Waals surface area contributed by atoms with Gasteiger partial charge in [0.1, 0.15) is 0 Å². The van der Waals surface area contributed by atoms with Crippen LogP contribution in [0.3, 0.4) is 0 Å². The van der Waals surface area contributed by atoms with Gasteiger partial charge in [-0.05, 0) is 31.4 Å². The standard InChI is InChI=1S/C14H14N2O2/c1-10-9-15-18-13(10)14(17)16-8-4-6-11-5-2-3-7-12(11)16/h2-3,5,7,9H,4,6,8H2,1H3. The summed E-state index contributed by atoms with van der Waals surface area (Å²) in [6.07, 6.45) is 3.58. The predicted octanol–water partition coefficient (Wildman–Crippen LogP) is 2.58. The third-order valence-corrected chi connectivity index (χ3v) is 3.30. The topological polar surface area (TPSA) is 46.3 Å². The van der Waals surface area contributed by atoms with Gasteiger partial charge in [0, 0.05) is 17.8 Å². The predicted molar refractivity (Wildman–Crippen MR) is 67.7 cm³/mol. The number of anilines is 1. The highest BCUT2D eigenvalue weighted by Gasteiger charge is 2.26. The molecule has 1 aromatic heterocycles. The fourth-order valence-corrected chi connectivity index (χ4v) is 2.36. The van der Waals surface area contributed by atoms with Gasteiger partial charge in [0.05, 0.1) is 6.20 Å². The van der Waals surface area contributed by atoms with Crippen LogP contribution in [0.5, 0.6) is 0 Å². The molecule has 2 heterocycles. The van der Waals surface area contributed by atoms with Crippen LogP contribution in [0.1, 0.15) is 28.1 Å². The molecule has 0 N–H and O–H groups in total. The summed E-state index contributed by atoms with van der Waals surface area (Å²) in [6.45, 7) is 2.57. The minimum Gasteiger partial charge on any atom is -0.351 e. The van der Waals surface area contributed by atoms with E-state index in [0.717, 1.165) is 30.6 Å². The Bertz CT molecular complexity index is 589. The zero-order valence-electron chi connectivity index (χ0n) is 10.2. The smallest absolute Gasteiger partial charge is 0.297 e. The van der Waals surface area contributed by atoms with Crippen molar-refractivity contribution in [3.63, 3.8) is 0 Å². The molecule has 1 aliphatic heterocycles. The molecule has 0 bridgehead atoms. The van der Waals surface area contributed by atoms with Crippen molar-refractivity contribution in [3.8, 4) is 0 Å². The number of fused-ring (bicyclic) bond motifs is 1. The molecule has 3 rings (SSSR count). The van der Waals surface area contributed by atoms with Crippen LogP contribution in [0, 0.1) is 6.92 Å². The SMILES string of the molecule is Cc1cnoc1C(=O)N1CCCc2ccccc21. The minimum atomic E-state index is -0.0999.